The van der Waals surface area contributed by atoms with Crippen LogP contribution in [0.4, 0.5) is 5.69 Å². The lowest BCUT2D eigenvalue weighted by molar-refractivity contribution is -0.384. The van der Waals surface area contributed by atoms with Gasteiger partial charge in [0.05, 0.1) is 16.6 Å². The van der Waals surface area contributed by atoms with Crippen LogP contribution in [0.2, 0.25) is 0 Å². The lowest BCUT2D eigenvalue weighted by atomic mass is 10.00. The van der Waals surface area contributed by atoms with Crippen LogP contribution < -0.4 is 0 Å². The molecule has 0 bridgehead atoms. The molecule has 1 aromatic rings. The minimum Gasteiger partial charge on any atom is -0.303 e. The van der Waals surface area contributed by atoms with Crippen molar-refractivity contribution in [2.45, 2.75) is 12.8 Å². The number of hydrogen-bond donors (Lipinski definition) is 0. The van der Waals surface area contributed by atoms with Gasteiger partial charge in [0, 0.05) is 18.1 Å². The molecule has 0 amide bonds. The van der Waals surface area contributed by atoms with Gasteiger partial charge in [0.1, 0.15) is 6.29 Å². The number of nitriles is 1. The summed E-state index contributed by atoms with van der Waals surface area (Å²) in [5.74, 6) is -0.447. The monoisotopic (exact) mass is 204 g/mol. The zero-order valence-corrected chi connectivity index (χ0v) is 8.01. The largest absolute Gasteiger partial charge is 0.303 e. The second-order valence-electron chi connectivity index (χ2n) is 3.11. The quantitative estimate of drug-likeness (QED) is 0.426. The average molecular weight is 204 g/mol. The van der Waals surface area contributed by atoms with E-state index in [2.05, 4.69) is 0 Å². The fourth-order valence-corrected chi connectivity index (χ4v) is 1.15. The summed E-state index contributed by atoms with van der Waals surface area (Å²) in [5.41, 5.74) is 0.501. The first-order valence-corrected chi connectivity index (χ1v) is 4.23. The van der Waals surface area contributed by atoms with Crippen molar-refractivity contribution in [2.75, 3.05) is 0 Å². The minimum absolute atomic E-state index is 0.169. The van der Waals surface area contributed by atoms with Crippen LogP contribution >= 0.6 is 0 Å². The van der Waals surface area contributed by atoms with Gasteiger partial charge in [0.2, 0.25) is 0 Å². The molecule has 0 radical (unpaired) electrons. The number of carbonyl (C=O) groups is 1. The number of nitro groups is 1. The third-order valence-corrected chi connectivity index (χ3v) is 2.01. The van der Waals surface area contributed by atoms with E-state index in [0.29, 0.717) is 11.8 Å². The van der Waals surface area contributed by atoms with Gasteiger partial charge in [-0.25, -0.2) is 0 Å². The molecule has 1 aromatic carbocycles. The van der Waals surface area contributed by atoms with E-state index < -0.39 is 10.8 Å². The number of benzene rings is 1. The maximum absolute atomic E-state index is 10.5. The second kappa shape index (κ2) is 4.33. The number of carbonyl (C=O) groups excluding carboxylic acids is 1. The number of nitrogens with zero attached hydrogens (tertiary/aromatic N) is 2. The topological polar surface area (TPSA) is 84.0 Å². The van der Waals surface area contributed by atoms with Crippen molar-refractivity contribution < 1.29 is 9.72 Å². The first-order valence-electron chi connectivity index (χ1n) is 4.23. The van der Waals surface area contributed by atoms with Gasteiger partial charge in [-0.3, -0.25) is 10.1 Å². The highest BCUT2D eigenvalue weighted by Gasteiger charge is 2.13. The Balaban J connectivity index is 3.30. The van der Waals surface area contributed by atoms with Crippen molar-refractivity contribution >= 4 is 12.0 Å². The van der Waals surface area contributed by atoms with Gasteiger partial charge in [0.15, 0.2) is 0 Å². The van der Waals surface area contributed by atoms with E-state index in [1.54, 1.807) is 6.92 Å². The van der Waals surface area contributed by atoms with Crippen LogP contribution in [0, 0.1) is 21.4 Å². The van der Waals surface area contributed by atoms with Crippen LogP contribution in [0.25, 0.3) is 0 Å². The van der Waals surface area contributed by atoms with Crippen molar-refractivity contribution in [3.05, 3.63) is 39.4 Å². The zero-order chi connectivity index (χ0) is 11.4. The maximum atomic E-state index is 10.5. The van der Waals surface area contributed by atoms with Gasteiger partial charge < -0.3 is 4.79 Å². The summed E-state index contributed by atoms with van der Waals surface area (Å²) in [6.07, 6.45) is 0.681. The highest BCUT2D eigenvalue weighted by atomic mass is 16.6. The second-order valence-corrected chi connectivity index (χ2v) is 3.11. The third kappa shape index (κ3) is 2.38. The summed E-state index contributed by atoms with van der Waals surface area (Å²) in [6, 6.07) is 5.79. The van der Waals surface area contributed by atoms with Crippen molar-refractivity contribution in [1.82, 2.24) is 0 Å². The molecule has 5 nitrogen and oxygen atoms in total. The predicted octanol–water partition coefficient (Wildman–Crippen LogP) is 1.77. The molecule has 0 N–H and O–H groups in total. The fourth-order valence-electron chi connectivity index (χ4n) is 1.15. The highest BCUT2D eigenvalue weighted by Crippen LogP contribution is 2.21. The van der Waals surface area contributed by atoms with Crippen molar-refractivity contribution in [2.24, 2.45) is 0 Å². The van der Waals surface area contributed by atoms with Gasteiger partial charge in [-0.2, -0.15) is 5.26 Å². The van der Waals surface area contributed by atoms with E-state index in [-0.39, 0.29) is 11.3 Å². The van der Waals surface area contributed by atoms with Gasteiger partial charge in [0.25, 0.3) is 5.69 Å². The summed E-state index contributed by atoms with van der Waals surface area (Å²) in [7, 11) is 0. The molecule has 15 heavy (non-hydrogen) atoms. The summed E-state index contributed by atoms with van der Waals surface area (Å²) in [6.45, 7) is 1.62. The molecule has 0 aliphatic carbocycles. The number of hydrogen-bond acceptors (Lipinski definition) is 4. The number of nitro benzene ring substituents is 1. The average Bonchev–Trinajstić information content (AvgIpc) is 2.27. The number of non-ortho nitro benzene ring substituents is 1. The number of rotatable bonds is 3. The van der Waals surface area contributed by atoms with E-state index in [4.69, 9.17) is 5.26 Å². The first-order chi connectivity index (χ1) is 7.08. The Labute approximate surface area is 86.1 Å². The molecule has 1 atom stereocenters. The Bertz CT molecular complexity index is 448. The summed E-state index contributed by atoms with van der Waals surface area (Å²) < 4.78 is 0. The van der Waals surface area contributed by atoms with Crippen LogP contribution in [0.1, 0.15) is 24.0 Å². The lowest BCUT2D eigenvalue weighted by Crippen LogP contribution is -1.97. The van der Waals surface area contributed by atoms with Gasteiger partial charge in [-0.05, 0) is 11.6 Å². The predicted molar refractivity (Wildman–Crippen MR) is 52.3 cm³/mol. The van der Waals surface area contributed by atoms with Crippen LogP contribution in [0.15, 0.2) is 18.2 Å². The van der Waals surface area contributed by atoms with E-state index in [9.17, 15) is 14.9 Å². The number of aldehydes is 1. The molecule has 0 aromatic heterocycles. The van der Waals surface area contributed by atoms with Crippen LogP contribution in [0.3, 0.4) is 0 Å². The summed E-state index contributed by atoms with van der Waals surface area (Å²) >= 11 is 0. The summed E-state index contributed by atoms with van der Waals surface area (Å²) in [4.78, 5) is 20.5. The van der Waals surface area contributed by atoms with Crippen molar-refractivity contribution in [1.29, 1.82) is 5.26 Å². The van der Waals surface area contributed by atoms with Crippen LogP contribution in [-0.2, 0) is 4.79 Å². The zero-order valence-electron chi connectivity index (χ0n) is 8.01. The van der Waals surface area contributed by atoms with Gasteiger partial charge in [-0.15, -0.1) is 0 Å². The first kappa shape index (κ1) is 10.9. The normalized spacial score (nSPS) is 11.5. The summed E-state index contributed by atoms with van der Waals surface area (Å²) in [5, 5.41) is 19.2. The molecular formula is C10H8N2O3. The van der Waals surface area contributed by atoms with E-state index in [0.717, 1.165) is 0 Å². The van der Waals surface area contributed by atoms with E-state index in [1.807, 2.05) is 6.07 Å². The molecule has 5 heteroatoms. The highest BCUT2D eigenvalue weighted by molar-refractivity contribution is 5.63. The molecular weight excluding hydrogens is 196 g/mol. The maximum Gasteiger partial charge on any atom is 0.271 e. The molecule has 76 valence electrons. The van der Waals surface area contributed by atoms with Crippen LogP contribution in [0.5, 0.6) is 0 Å². The lowest BCUT2D eigenvalue weighted by Gasteiger charge is -2.03. The van der Waals surface area contributed by atoms with Crippen LogP contribution in [-0.4, -0.2) is 11.2 Å². The Morgan fingerprint density at radius 1 is 1.53 bits per heavy atom. The molecule has 0 saturated heterocycles. The molecule has 0 heterocycles. The molecule has 0 aliphatic heterocycles. The molecule has 0 aliphatic rings. The van der Waals surface area contributed by atoms with Crippen molar-refractivity contribution in [3.8, 4) is 6.07 Å². The Hall–Kier alpha value is -2.22. The Morgan fingerprint density at radius 2 is 2.20 bits per heavy atom. The fraction of sp³-hybridized carbons (Fsp3) is 0.200. The molecule has 0 fully saturated rings. The standard InChI is InChI=1S/C10H8N2O3/c1-7(6-13)9-2-8(5-11)3-10(4-9)12(14)15/h2-4,6-7H,1H3. The van der Waals surface area contributed by atoms with E-state index >= 15 is 0 Å². The SMILES string of the molecule is CC(C=O)c1cc(C#N)cc([N+](=O)[O-])c1. The molecule has 0 saturated carbocycles. The van der Waals surface area contributed by atoms with E-state index in [1.165, 1.54) is 18.2 Å². The molecule has 0 spiro atoms. The Morgan fingerprint density at radius 3 is 2.67 bits per heavy atom. The smallest absolute Gasteiger partial charge is 0.271 e. The Kier molecular flexibility index (Phi) is 3.13. The third-order valence-electron chi connectivity index (χ3n) is 2.01. The molecule has 1 rings (SSSR count). The molecule has 1 unspecified atom stereocenters. The minimum atomic E-state index is -0.581. The van der Waals surface area contributed by atoms with Gasteiger partial charge >= 0.3 is 0 Å². The van der Waals surface area contributed by atoms with Gasteiger partial charge in [-0.1, -0.05) is 6.92 Å². The van der Waals surface area contributed by atoms with Crippen molar-refractivity contribution in [3.63, 3.8) is 0 Å².